The second kappa shape index (κ2) is 7.03. The molecule has 1 aliphatic rings. The van der Waals surface area contributed by atoms with Crippen LogP contribution in [0.1, 0.15) is 69.7 Å². The van der Waals surface area contributed by atoms with Crippen molar-refractivity contribution in [2.45, 2.75) is 65.2 Å². The van der Waals surface area contributed by atoms with Crippen LogP contribution >= 0.6 is 0 Å². The zero-order chi connectivity index (χ0) is 19.8. The van der Waals surface area contributed by atoms with E-state index in [0.29, 0.717) is 6.61 Å². The highest BCUT2D eigenvalue weighted by Gasteiger charge is 2.37. The third-order valence-electron chi connectivity index (χ3n) is 6.00. The van der Waals surface area contributed by atoms with Crippen molar-refractivity contribution in [3.63, 3.8) is 0 Å². The van der Waals surface area contributed by atoms with Crippen LogP contribution in [0.5, 0.6) is 5.75 Å². The minimum atomic E-state index is 0.156. The first kappa shape index (κ1) is 19.5. The van der Waals surface area contributed by atoms with E-state index in [2.05, 4.69) is 51.9 Å². The fourth-order valence-corrected chi connectivity index (χ4v) is 4.20. The van der Waals surface area contributed by atoms with Crippen LogP contribution in [0.2, 0.25) is 0 Å². The molecule has 0 spiro atoms. The van der Waals surface area contributed by atoms with Gasteiger partial charge in [0.05, 0.1) is 12.8 Å². The Morgan fingerprint density at radius 2 is 1.63 bits per heavy atom. The monoisotopic (exact) mass is 365 g/mol. The highest BCUT2D eigenvalue weighted by atomic mass is 16.5. The van der Waals surface area contributed by atoms with Crippen LogP contribution < -0.4 is 4.74 Å². The second-order valence-corrected chi connectivity index (χ2v) is 8.91. The summed E-state index contributed by atoms with van der Waals surface area (Å²) >= 11 is 0. The van der Waals surface area contributed by atoms with Gasteiger partial charge in [0.15, 0.2) is 0 Å². The van der Waals surface area contributed by atoms with E-state index in [0.717, 1.165) is 16.9 Å². The highest BCUT2D eigenvalue weighted by Crippen LogP contribution is 2.48. The van der Waals surface area contributed by atoms with Crippen LogP contribution in [0.15, 0.2) is 35.5 Å². The standard InChI is InChI=1S/C24H31NO2/c1-7-27-22-9-8-17(15-25-26)13-19(22)18-14-21-20(12-16(18)2)23(3,4)10-11-24(21,5)6/h8-9,12-15,26H,7,10-11H2,1-6H3. The Hall–Kier alpha value is -2.29. The van der Waals surface area contributed by atoms with Gasteiger partial charge in [0.1, 0.15) is 5.75 Å². The van der Waals surface area contributed by atoms with Gasteiger partial charge in [-0.2, -0.15) is 0 Å². The first-order chi connectivity index (χ1) is 12.7. The summed E-state index contributed by atoms with van der Waals surface area (Å²) in [6.45, 7) is 14.2. The van der Waals surface area contributed by atoms with E-state index in [4.69, 9.17) is 9.94 Å². The molecule has 3 nitrogen and oxygen atoms in total. The molecule has 2 aromatic carbocycles. The summed E-state index contributed by atoms with van der Waals surface area (Å²) in [5.74, 6) is 0.864. The highest BCUT2D eigenvalue weighted by molar-refractivity contribution is 5.85. The first-order valence-electron chi connectivity index (χ1n) is 9.80. The molecule has 0 bridgehead atoms. The molecule has 1 aliphatic carbocycles. The number of nitrogens with zero attached hydrogens (tertiary/aromatic N) is 1. The van der Waals surface area contributed by atoms with Gasteiger partial charge in [-0.15, -0.1) is 0 Å². The van der Waals surface area contributed by atoms with Crippen molar-refractivity contribution < 1.29 is 9.94 Å². The average molecular weight is 366 g/mol. The zero-order valence-electron chi connectivity index (χ0n) is 17.4. The molecule has 0 heterocycles. The van der Waals surface area contributed by atoms with Crippen molar-refractivity contribution in [2.24, 2.45) is 5.16 Å². The molecular formula is C24H31NO2. The maximum atomic E-state index is 8.93. The van der Waals surface area contributed by atoms with Crippen LogP contribution in [-0.4, -0.2) is 18.0 Å². The van der Waals surface area contributed by atoms with Gasteiger partial charge >= 0.3 is 0 Å². The summed E-state index contributed by atoms with van der Waals surface area (Å²) in [4.78, 5) is 0. The fraction of sp³-hybridized carbons (Fsp3) is 0.458. The Balaban J connectivity index is 2.25. The number of rotatable bonds is 4. The minimum Gasteiger partial charge on any atom is -0.493 e. The Bertz CT molecular complexity index is 878. The molecule has 0 fully saturated rings. The molecule has 0 saturated carbocycles. The summed E-state index contributed by atoms with van der Waals surface area (Å²) < 4.78 is 5.91. The average Bonchev–Trinajstić information content (AvgIpc) is 2.61. The van der Waals surface area contributed by atoms with E-state index in [9.17, 15) is 0 Å². The van der Waals surface area contributed by atoms with Crippen molar-refractivity contribution in [1.29, 1.82) is 0 Å². The molecule has 0 amide bonds. The summed E-state index contributed by atoms with van der Waals surface area (Å²) in [5, 5.41) is 12.1. The molecule has 2 aromatic rings. The van der Waals surface area contributed by atoms with Gasteiger partial charge in [-0.3, -0.25) is 0 Å². The maximum Gasteiger partial charge on any atom is 0.127 e. The predicted octanol–water partition coefficient (Wildman–Crippen LogP) is 6.22. The summed E-state index contributed by atoms with van der Waals surface area (Å²) in [7, 11) is 0. The van der Waals surface area contributed by atoms with Crippen molar-refractivity contribution in [3.8, 4) is 16.9 Å². The quantitative estimate of drug-likeness (QED) is 0.397. The number of hydrogen-bond acceptors (Lipinski definition) is 3. The van der Waals surface area contributed by atoms with E-state index >= 15 is 0 Å². The lowest BCUT2D eigenvalue weighted by Crippen LogP contribution is -2.34. The Labute approximate surface area is 163 Å². The number of fused-ring (bicyclic) bond motifs is 1. The summed E-state index contributed by atoms with van der Waals surface area (Å²) in [5.41, 5.74) is 7.59. The van der Waals surface area contributed by atoms with Crippen LogP contribution in [0.4, 0.5) is 0 Å². The molecule has 144 valence electrons. The number of ether oxygens (including phenoxy) is 1. The SMILES string of the molecule is CCOc1ccc(C=NO)cc1-c1cc2c(cc1C)C(C)(C)CCC2(C)C. The largest absolute Gasteiger partial charge is 0.493 e. The summed E-state index contributed by atoms with van der Waals surface area (Å²) in [6, 6.07) is 10.6. The van der Waals surface area contributed by atoms with Crippen molar-refractivity contribution in [2.75, 3.05) is 6.61 Å². The van der Waals surface area contributed by atoms with Crippen molar-refractivity contribution >= 4 is 6.21 Å². The van der Waals surface area contributed by atoms with Crippen LogP contribution in [0.3, 0.4) is 0 Å². The zero-order valence-corrected chi connectivity index (χ0v) is 17.4. The van der Waals surface area contributed by atoms with Crippen LogP contribution in [-0.2, 0) is 10.8 Å². The summed E-state index contributed by atoms with van der Waals surface area (Å²) in [6.07, 6.45) is 3.85. The number of hydrogen-bond donors (Lipinski definition) is 1. The smallest absolute Gasteiger partial charge is 0.127 e. The second-order valence-electron chi connectivity index (χ2n) is 8.91. The third-order valence-corrected chi connectivity index (χ3v) is 6.00. The molecule has 0 radical (unpaired) electrons. The lowest BCUT2D eigenvalue weighted by Gasteiger charge is -2.42. The van der Waals surface area contributed by atoms with Gasteiger partial charge in [0.2, 0.25) is 0 Å². The van der Waals surface area contributed by atoms with Crippen molar-refractivity contribution in [3.05, 3.63) is 52.6 Å². The molecule has 0 unspecified atom stereocenters. The number of benzene rings is 2. The van der Waals surface area contributed by atoms with E-state index in [1.807, 2.05) is 25.1 Å². The van der Waals surface area contributed by atoms with Gasteiger partial charge in [-0.25, -0.2) is 0 Å². The third kappa shape index (κ3) is 3.60. The molecule has 27 heavy (non-hydrogen) atoms. The lowest BCUT2D eigenvalue weighted by atomic mass is 9.62. The van der Waals surface area contributed by atoms with E-state index < -0.39 is 0 Å². The molecule has 1 N–H and O–H groups in total. The normalized spacial score (nSPS) is 17.7. The molecule has 3 rings (SSSR count). The van der Waals surface area contributed by atoms with Gasteiger partial charge in [0.25, 0.3) is 0 Å². The molecule has 0 atom stereocenters. The van der Waals surface area contributed by atoms with Crippen LogP contribution in [0, 0.1) is 6.92 Å². The minimum absolute atomic E-state index is 0.156. The van der Waals surface area contributed by atoms with Crippen LogP contribution in [0.25, 0.3) is 11.1 Å². The van der Waals surface area contributed by atoms with Crippen molar-refractivity contribution in [1.82, 2.24) is 0 Å². The number of oxime groups is 1. The molecule has 0 saturated heterocycles. The molecule has 3 heteroatoms. The topological polar surface area (TPSA) is 41.8 Å². The Morgan fingerprint density at radius 3 is 2.22 bits per heavy atom. The molecule has 0 aliphatic heterocycles. The van der Waals surface area contributed by atoms with Gasteiger partial charge in [0, 0.05) is 5.56 Å². The van der Waals surface area contributed by atoms with Gasteiger partial charge < -0.3 is 9.94 Å². The van der Waals surface area contributed by atoms with E-state index in [-0.39, 0.29) is 10.8 Å². The fourth-order valence-electron chi connectivity index (χ4n) is 4.20. The van der Waals surface area contributed by atoms with Gasteiger partial charge in [-0.05, 0) is 89.6 Å². The Morgan fingerprint density at radius 1 is 1.00 bits per heavy atom. The molecular weight excluding hydrogens is 334 g/mol. The number of aryl methyl sites for hydroxylation is 1. The maximum absolute atomic E-state index is 8.93. The first-order valence-corrected chi connectivity index (χ1v) is 9.80. The predicted molar refractivity (Wildman–Crippen MR) is 112 cm³/mol. The van der Waals surface area contributed by atoms with Gasteiger partial charge in [-0.1, -0.05) is 38.9 Å². The van der Waals surface area contributed by atoms with E-state index in [1.165, 1.54) is 41.3 Å². The molecule has 0 aromatic heterocycles. The lowest BCUT2D eigenvalue weighted by molar-refractivity contribution is 0.322. The van der Waals surface area contributed by atoms with E-state index in [1.54, 1.807) is 0 Å². The Kier molecular flexibility index (Phi) is 5.07.